The molecule has 0 unspecified atom stereocenters. The highest BCUT2D eigenvalue weighted by Crippen LogP contribution is 2.37. The minimum Gasteiger partial charge on any atom is -0.495 e. The standard InChI is InChI=1S/C24H24FN5O6S/c1-3-36-17(31)12-28-23(33)20(13-8-10-14(25)11-9-13)30(15-6-4-5-7-16(15)35-2)24(34)21-18(26)19(22(27)32)29-37-21/h4-11,20H,3,12,26H2,1-2H3,(H2,27,32)(H,28,33)/t20-/m1/s1. The van der Waals surface area contributed by atoms with Crippen molar-refractivity contribution in [2.45, 2.75) is 13.0 Å². The van der Waals surface area contributed by atoms with E-state index in [0.717, 1.165) is 17.0 Å². The van der Waals surface area contributed by atoms with Crippen LogP contribution in [0.25, 0.3) is 0 Å². The van der Waals surface area contributed by atoms with Crippen molar-refractivity contribution in [3.63, 3.8) is 0 Å². The maximum atomic E-state index is 14.0. The van der Waals surface area contributed by atoms with Gasteiger partial charge in [-0.05, 0) is 48.3 Å². The Morgan fingerprint density at radius 1 is 1.14 bits per heavy atom. The Morgan fingerprint density at radius 2 is 1.81 bits per heavy atom. The van der Waals surface area contributed by atoms with E-state index in [4.69, 9.17) is 20.9 Å². The average Bonchev–Trinajstić information content (AvgIpc) is 3.28. The number of carbonyl (C=O) groups is 4. The topological polar surface area (TPSA) is 167 Å². The molecule has 1 atom stereocenters. The highest BCUT2D eigenvalue weighted by molar-refractivity contribution is 7.09. The third-order valence-electron chi connectivity index (χ3n) is 5.12. The summed E-state index contributed by atoms with van der Waals surface area (Å²) in [6.07, 6.45) is 0. The monoisotopic (exact) mass is 529 g/mol. The van der Waals surface area contributed by atoms with Gasteiger partial charge in [-0.3, -0.25) is 24.1 Å². The lowest BCUT2D eigenvalue weighted by atomic mass is 10.0. The third kappa shape index (κ3) is 6.01. The van der Waals surface area contributed by atoms with Crippen LogP contribution in [0.1, 0.15) is 38.7 Å². The molecule has 0 spiro atoms. The Bertz CT molecular complexity index is 1310. The number of carbonyl (C=O) groups excluding carboxylic acids is 4. The predicted octanol–water partition coefficient (Wildman–Crippen LogP) is 2.04. The highest BCUT2D eigenvalue weighted by Gasteiger charge is 2.37. The number of esters is 1. The zero-order valence-corrected chi connectivity index (χ0v) is 20.7. The third-order valence-corrected chi connectivity index (χ3v) is 5.97. The second kappa shape index (κ2) is 11.9. The average molecular weight is 530 g/mol. The summed E-state index contributed by atoms with van der Waals surface area (Å²) in [5.41, 5.74) is 11.1. The van der Waals surface area contributed by atoms with Gasteiger partial charge in [0.2, 0.25) is 5.91 Å². The van der Waals surface area contributed by atoms with Gasteiger partial charge < -0.3 is 26.3 Å². The Kier molecular flexibility index (Phi) is 8.74. The van der Waals surface area contributed by atoms with Crippen LogP contribution in [-0.4, -0.2) is 48.3 Å². The molecule has 3 rings (SSSR count). The van der Waals surface area contributed by atoms with Crippen LogP contribution in [0, 0.1) is 5.82 Å². The number of nitrogens with one attached hydrogen (secondary N) is 1. The van der Waals surface area contributed by atoms with Crippen LogP contribution < -0.4 is 26.4 Å². The van der Waals surface area contributed by atoms with Crippen molar-refractivity contribution in [1.82, 2.24) is 9.69 Å². The molecule has 0 bridgehead atoms. The number of para-hydroxylation sites is 2. The number of nitrogens with two attached hydrogens (primary N) is 2. The molecule has 2 aromatic carbocycles. The highest BCUT2D eigenvalue weighted by atomic mass is 32.1. The molecular formula is C24H24FN5O6S. The van der Waals surface area contributed by atoms with Gasteiger partial charge in [-0.25, -0.2) is 4.39 Å². The van der Waals surface area contributed by atoms with Crippen LogP contribution in [0.3, 0.4) is 0 Å². The molecule has 0 aliphatic carbocycles. The van der Waals surface area contributed by atoms with Gasteiger partial charge in [-0.15, -0.1) is 0 Å². The number of primary amides is 1. The molecular weight excluding hydrogens is 505 g/mol. The van der Waals surface area contributed by atoms with E-state index in [-0.39, 0.29) is 39.9 Å². The van der Waals surface area contributed by atoms with Crippen molar-refractivity contribution in [1.29, 1.82) is 0 Å². The van der Waals surface area contributed by atoms with Crippen molar-refractivity contribution < 1.29 is 33.0 Å². The molecule has 0 aliphatic heterocycles. The number of rotatable bonds is 10. The lowest BCUT2D eigenvalue weighted by Gasteiger charge is -2.32. The summed E-state index contributed by atoms with van der Waals surface area (Å²) < 4.78 is 27.9. The van der Waals surface area contributed by atoms with Gasteiger partial charge in [-0.2, -0.15) is 4.37 Å². The van der Waals surface area contributed by atoms with Crippen molar-refractivity contribution in [3.05, 3.63) is 70.5 Å². The fourth-order valence-electron chi connectivity index (χ4n) is 3.46. The van der Waals surface area contributed by atoms with E-state index >= 15 is 0 Å². The molecule has 0 saturated heterocycles. The number of hydrogen-bond donors (Lipinski definition) is 3. The summed E-state index contributed by atoms with van der Waals surface area (Å²) in [6, 6.07) is 9.83. The second-order valence-corrected chi connectivity index (χ2v) is 8.24. The molecule has 0 saturated carbocycles. The molecule has 3 aromatic rings. The molecule has 37 heavy (non-hydrogen) atoms. The minimum absolute atomic E-state index is 0.106. The van der Waals surface area contributed by atoms with Crippen molar-refractivity contribution in [2.24, 2.45) is 5.73 Å². The summed E-state index contributed by atoms with van der Waals surface area (Å²) in [5.74, 6) is -3.56. The van der Waals surface area contributed by atoms with Crippen molar-refractivity contribution in [3.8, 4) is 5.75 Å². The molecule has 0 fully saturated rings. The summed E-state index contributed by atoms with van der Waals surface area (Å²) in [7, 11) is 1.38. The van der Waals surface area contributed by atoms with Gasteiger partial charge in [0.25, 0.3) is 11.8 Å². The Balaban J connectivity index is 2.20. The largest absolute Gasteiger partial charge is 0.495 e. The van der Waals surface area contributed by atoms with Crippen LogP contribution in [-0.2, 0) is 14.3 Å². The molecule has 194 valence electrons. The number of amides is 3. The number of anilines is 2. The maximum absolute atomic E-state index is 14.0. The number of hydrogen-bond acceptors (Lipinski definition) is 9. The molecule has 1 heterocycles. The van der Waals surface area contributed by atoms with Gasteiger partial charge in [0.1, 0.15) is 29.0 Å². The Morgan fingerprint density at radius 3 is 2.41 bits per heavy atom. The molecule has 1 aromatic heterocycles. The van der Waals surface area contributed by atoms with Crippen molar-refractivity contribution in [2.75, 3.05) is 30.9 Å². The summed E-state index contributed by atoms with van der Waals surface area (Å²) in [4.78, 5) is 52.0. The summed E-state index contributed by atoms with van der Waals surface area (Å²) in [5, 5.41) is 2.45. The van der Waals surface area contributed by atoms with Crippen LogP contribution >= 0.6 is 11.5 Å². The quantitative estimate of drug-likeness (QED) is 0.335. The van der Waals surface area contributed by atoms with Gasteiger partial charge in [-0.1, -0.05) is 24.3 Å². The molecule has 13 heteroatoms. The van der Waals surface area contributed by atoms with E-state index < -0.39 is 42.1 Å². The number of methoxy groups -OCH3 is 1. The number of nitrogen functional groups attached to an aromatic ring is 1. The first-order valence-corrected chi connectivity index (χ1v) is 11.7. The molecule has 0 radical (unpaired) electrons. The van der Waals surface area contributed by atoms with E-state index in [1.165, 1.54) is 25.3 Å². The van der Waals surface area contributed by atoms with Gasteiger partial charge in [0.05, 0.1) is 25.1 Å². The normalized spacial score (nSPS) is 11.3. The van der Waals surface area contributed by atoms with E-state index in [1.807, 2.05) is 0 Å². The van der Waals surface area contributed by atoms with Crippen LogP contribution in [0.5, 0.6) is 5.75 Å². The molecule has 11 nitrogen and oxygen atoms in total. The van der Waals surface area contributed by atoms with Crippen LogP contribution in [0.4, 0.5) is 15.8 Å². The predicted molar refractivity (Wildman–Crippen MR) is 134 cm³/mol. The second-order valence-electron chi connectivity index (χ2n) is 7.46. The molecule has 5 N–H and O–H groups in total. The van der Waals surface area contributed by atoms with E-state index in [9.17, 15) is 23.6 Å². The van der Waals surface area contributed by atoms with Crippen LogP contribution in [0.2, 0.25) is 0 Å². The van der Waals surface area contributed by atoms with E-state index in [0.29, 0.717) is 11.5 Å². The number of aromatic nitrogens is 1. The zero-order chi connectivity index (χ0) is 27.1. The zero-order valence-electron chi connectivity index (χ0n) is 19.9. The van der Waals surface area contributed by atoms with Gasteiger partial charge in [0, 0.05) is 0 Å². The van der Waals surface area contributed by atoms with Crippen LogP contribution in [0.15, 0.2) is 48.5 Å². The first-order valence-electron chi connectivity index (χ1n) is 10.9. The Labute approximate surface area is 215 Å². The SMILES string of the molecule is CCOC(=O)CNC(=O)[C@@H](c1ccc(F)cc1)N(C(=O)c1snc(C(N)=O)c1N)c1ccccc1OC. The first-order chi connectivity index (χ1) is 17.7. The first kappa shape index (κ1) is 27.1. The lowest BCUT2D eigenvalue weighted by molar-refractivity contribution is -0.143. The number of ether oxygens (including phenoxy) is 2. The van der Waals surface area contributed by atoms with E-state index in [2.05, 4.69) is 9.69 Å². The number of nitrogens with zero attached hydrogens (tertiary/aromatic N) is 2. The van der Waals surface area contributed by atoms with Gasteiger partial charge >= 0.3 is 5.97 Å². The smallest absolute Gasteiger partial charge is 0.325 e. The lowest BCUT2D eigenvalue weighted by Crippen LogP contribution is -2.45. The maximum Gasteiger partial charge on any atom is 0.325 e. The summed E-state index contributed by atoms with van der Waals surface area (Å²) in [6.45, 7) is 1.24. The summed E-state index contributed by atoms with van der Waals surface area (Å²) >= 11 is 0.627. The number of benzene rings is 2. The Hall–Kier alpha value is -4.52. The molecule has 3 amide bonds. The van der Waals surface area contributed by atoms with Gasteiger partial charge in [0.15, 0.2) is 5.69 Å². The minimum atomic E-state index is -1.43. The number of halogens is 1. The fraction of sp³-hybridized carbons (Fsp3) is 0.208. The van der Waals surface area contributed by atoms with Crippen molar-refractivity contribution >= 4 is 46.6 Å². The molecule has 0 aliphatic rings. The van der Waals surface area contributed by atoms with E-state index in [1.54, 1.807) is 25.1 Å². The fourth-order valence-corrected chi connectivity index (χ4v) is 4.21.